The van der Waals surface area contributed by atoms with Crippen molar-refractivity contribution in [1.29, 1.82) is 0 Å². The zero-order valence-electron chi connectivity index (χ0n) is 23.5. The fourth-order valence-electron chi connectivity index (χ4n) is 4.32. The quantitative estimate of drug-likeness (QED) is 0.0781. The van der Waals surface area contributed by atoms with Crippen LogP contribution in [0.15, 0.2) is 12.2 Å². The molecule has 4 atom stereocenters. The molecule has 0 aromatic heterocycles. The summed E-state index contributed by atoms with van der Waals surface area (Å²) in [5, 5.41) is 2.51. The summed E-state index contributed by atoms with van der Waals surface area (Å²) in [6.45, 7) is 7.45. The summed E-state index contributed by atoms with van der Waals surface area (Å²) in [7, 11) is 0. The molecule has 3 aliphatic heterocycles. The molecule has 3 amide bonds. The van der Waals surface area contributed by atoms with E-state index in [-0.39, 0.29) is 13.0 Å². The van der Waals surface area contributed by atoms with E-state index >= 15 is 0 Å². The highest BCUT2D eigenvalue weighted by atomic mass is 79.9. The second-order valence-corrected chi connectivity index (χ2v) is 17.5. The number of halogens is 3. The maximum atomic E-state index is 13.2. The van der Waals surface area contributed by atoms with Crippen molar-refractivity contribution in [3.63, 3.8) is 0 Å². The van der Waals surface area contributed by atoms with Crippen molar-refractivity contribution in [2.45, 2.75) is 78.9 Å². The third-order valence-electron chi connectivity index (χ3n) is 6.55. The molecule has 3 unspecified atom stereocenters. The minimum atomic E-state index is -2.15. The molecular weight excluding hydrogens is 740 g/mol. The average Bonchev–Trinajstić information content (AvgIpc) is 3.51. The lowest BCUT2D eigenvalue weighted by Crippen LogP contribution is -2.60. The number of carbonyl (C=O) groups is 6. The number of likely N-dealkylation sites (tertiary alicyclic amines) is 1. The molecule has 228 valence electrons. The smallest absolute Gasteiger partial charge is 0.324 e. The predicted octanol–water partition coefficient (Wildman–Crippen LogP) is 2.28. The standard InChI is InChI=1S/C26H33Br3N2O10/c1-23(2,27)20(35)38-11-26(41-22(37)25(5,6)29,12-39-21(36)24(3,4)28)30-15(32)9-10-31-18(33)16-13-7-8-14(40-13)17(16)19(31)34/h7-8,13-14,16-17H,9-12H2,1-6H3,(H,30,32)/t13?,14?,16-,17?/m1/s1. The Hall–Kier alpha value is -1.84. The van der Waals surface area contributed by atoms with Crippen LogP contribution in [-0.4, -0.2) is 91.2 Å². The molecule has 15 heteroatoms. The number of carbonyl (C=O) groups excluding carboxylic acids is 6. The molecule has 0 radical (unpaired) electrons. The van der Waals surface area contributed by atoms with Crippen LogP contribution in [-0.2, 0) is 47.7 Å². The largest absolute Gasteiger partial charge is 0.458 e. The average molecular weight is 773 g/mol. The Kier molecular flexibility index (Phi) is 9.88. The van der Waals surface area contributed by atoms with Crippen LogP contribution >= 0.6 is 47.8 Å². The van der Waals surface area contributed by atoms with Crippen molar-refractivity contribution < 1.29 is 47.7 Å². The first-order valence-corrected chi connectivity index (χ1v) is 15.2. The predicted molar refractivity (Wildman–Crippen MR) is 154 cm³/mol. The Morgan fingerprint density at radius 2 is 1.22 bits per heavy atom. The highest BCUT2D eigenvalue weighted by Gasteiger charge is 2.60. The van der Waals surface area contributed by atoms with Crippen LogP contribution in [0.4, 0.5) is 0 Å². The zero-order valence-corrected chi connectivity index (χ0v) is 28.2. The van der Waals surface area contributed by atoms with E-state index in [9.17, 15) is 28.8 Å². The molecule has 3 rings (SSSR count). The molecule has 2 fully saturated rings. The van der Waals surface area contributed by atoms with E-state index in [1.54, 1.807) is 12.2 Å². The van der Waals surface area contributed by atoms with E-state index in [1.165, 1.54) is 41.5 Å². The Labute approximate surface area is 262 Å². The van der Waals surface area contributed by atoms with E-state index in [4.69, 9.17) is 18.9 Å². The van der Waals surface area contributed by atoms with E-state index in [0.29, 0.717) is 0 Å². The third kappa shape index (κ3) is 7.77. The molecule has 0 saturated carbocycles. The lowest BCUT2D eigenvalue weighted by molar-refractivity contribution is -0.194. The molecule has 2 saturated heterocycles. The van der Waals surface area contributed by atoms with Crippen molar-refractivity contribution >= 4 is 83.4 Å². The molecular formula is C26H33Br3N2O10. The summed E-state index contributed by atoms with van der Waals surface area (Å²) in [4.78, 5) is 78.2. The maximum Gasteiger partial charge on any atom is 0.324 e. The monoisotopic (exact) mass is 770 g/mol. The number of ether oxygens (including phenoxy) is 4. The zero-order chi connectivity index (χ0) is 31.1. The van der Waals surface area contributed by atoms with Crippen LogP contribution < -0.4 is 5.32 Å². The van der Waals surface area contributed by atoms with Gasteiger partial charge in [-0.1, -0.05) is 59.9 Å². The van der Waals surface area contributed by atoms with Gasteiger partial charge >= 0.3 is 17.9 Å². The van der Waals surface area contributed by atoms with E-state index in [2.05, 4.69) is 53.1 Å². The highest BCUT2D eigenvalue weighted by molar-refractivity contribution is 9.10. The number of rotatable bonds is 12. The maximum absolute atomic E-state index is 13.2. The molecule has 3 aliphatic rings. The van der Waals surface area contributed by atoms with Gasteiger partial charge in [0.25, 0.3) is 5.72 Å². The second-order valence-electron chi connectivity index (χ2n) is 11.6. The van der Waals surface area contributed by atoms with Crippen molar-refractivity contribution in [3.05, 3.63) is 12.2 Å². The van der Waals surface area contributed by atoms with Gasteiger partial charge in [-0.05, 0) is 41.5 Å². The van der Waals surface area contributed by atoms with Gasteiger partial charge < -0.3 is 24.3 Å². The molecule has 0 aliphatic carbocycles. The van der Waals surface area contributed by atoms with Crippen molar-refractivity contribution in [2.24, 2.45) is 11.8 Å². The van der Waals surface area contributed by atoms with Gasteiger partial charge in [-0.25, -0.2) is 0 Å². The molecule has 1 N–H and O–H groups in total. The summed E-state index contributed by atoms with van der Waals surface area (Å²) >= 11 is 9.58. The summed E-state index contributed by atoms with van der Waals surface area (Å²) in [6.07, 6.45) is 2.20. The number of nitrogens with one attached hydrogen (secondary N) is 1. The Bertz CT molecular complexity index is 1090. The van der Waals surface area contributed by atoms with Gasteiger partial charge in [-0.15, -0.1) is 0 Å². The number of nitrogens with zero attached hydrogens (tertiary/aromatic N) is 1. The Balaban J connectivity index is 1.81. The normalized spacial score (nSPS) is 23.9. The minimum Gasteiger partial charge on any atom is -0.458 e. The number of hydrogen-bond acceptors (Lipinski definition) is 10. The van der Waals surface area contributed by atoms with Crippen LogP contribution in [0.25, 0.3) is 0 Å². The lowest BCUT2D eigenvalue weighted by atomic mass is 9.85. The number of hydrogen-bond donors (Lipinski definition) is 1. The topological polar surface area (TPSA) is 155 Å². The van der Waals surface area contributed by atoms with E-state index in [0.717, 1.165) is 4.90 Å². The molecule has 0 spiro atoms. The number of alkyl halides is 3. The number of amides is 3. The fraction of sp³-hybridized carbons (Fsp3) is 0.692. The molecule has 0 aromatic carbocycles. The van der Waals surface area contributed by atoms with Gasteiger partial charge in [0.15, 0.2) is 13.2 Å². The van der Waals surface area contributed by atoms with Gasteiger partial charge in [0.2, 0.25) is 17.7 Å². The van der Waals surface area contributed by atoms with Gasteiger partial charge in [-0.3, -0.25) is 33.7 Å². The second kappa shape index (κ2) is 12.0. The van der Waals surface area contributed by atoms with Crippen molar-refractivity contribution in [3.8, 4) is 0 Å². The van der Waals surface area contributed by atoms with Crippen LogP contribution in [0.5, 0.6) is 0 Å². The summed E-state index contributed by atoms with van der Waals surface area (Å²) in [6, 6.07) is 0. The molecule has 12 nitrogen and oxygen atoms in total. The van der Waals surface area contributed by atoms with Gasteiger partial charge in [0, 0.05) is 13.0 Å². The number of fused-ring (bicyclic) bond motifs is 5. The molecule has 0 aromatic rings. The Morgan fingerprint density at radius 3 is 1.61 bits per heavy atom. The van der Waals surface area contributed by atoms with E-state index < -0.39 is 91.6 Å². The van der Waals surface area contributed by atoms with Crippen LogP contribution in [0.3, 0.4) is 0 Å². The van der Waals surface area contributed by atoms with Crippen molar-refractivity contribution in [1.82, 2.24) is 10.2 Å². The lowest BCUT2D eigenvalue weighted by Gasteiger charge is -2.36. The Morgan fingerprint density at radius 1 is 0.805 bits per heavy atom. The van der Waals surface area contributed by atoms with Crippen LogP contribution in [0, 0.1) is 11.8 Å². The highest BCUT2D eigenvalue weighted by Crippen LogP contribution is 2.45. The fourth-order valence-corrected chi connectivity index (χ4v) is 4.63. The molecule has 2 bridgehead atoms. The first-order chi connectivity index (χ1) is 18.7. The van der Waals surface area contributed by atoms with Crippen LogP contribution in [0.2, 0.25) is 0 Å². The van der Waals surface area contributed by atoms with Gasteiger partial charge in [0.05, 0.1) is 24.0 Å². The van der Waals surface area contributed by atoms with E-state index in [1.807, 2.05) is 0 Å². The summed E-state index contributed by atoms with van der Waals surface area (Å²) < 4.78 is 18.5. The number of imide groups is 1. The molecule has 41 heavy (non-hydrogen) atoms. The number of esters is 3. The first-order valence-electron chi connectivity index (χ1n) is 12.8. The van der Waals surface area contributed by atoms with Crippen LogP contribution in [0.1, 0.15) is 48.0 Å². The molecule has 3 heterocycles. The summed E-state index contributed by atoms with van der Waals surface area (Å²) in [5.74, 6) is -5.21. The van der Waals surface area contributed by atoms with Crippen molar-refractivity contribution in [2.75, 3.05) is 19.8 Å². The van der Waals surface area contributed by atoms with Gasteiger partial charge in [-0.2, -0.15) is 0 Å². The first kappa shape index (κ1) is 33.7. The minimum absolute atomic E-state index is 0.244. The third-order valence-corrected chi connectivity index (χ3v) is 7.52. The SMILES string of the molecule is CC(C)(Br)C(=O)OCC(COC(=O)C(C)(C)Br)(NC(=O)CCN1C(=O)C2C3C=CC(O3)[C@H]2C1=O)OC(=O)C(C)(C)Br. The van der Waals surface area contributed by atoms with Gasteiger partial charge in [0.1, 0.15) is 13.0 Å². The summed E-state index contributed by atoms with van der Waals surface area (Å²) in [5.41, 5.74) is -2.15.